The van der Waals surface area contributed by atoms with Gasteiger partial charge in [0.1, 0.15) is 6.10 Å². The number of nitrogens with zero attached hydrogens (tertiary/aromatic N) is 2. The van der Waals surface area contributed by atoms with E-state index in [9.17, 15) is 4.79 Å². The van der Waals surface area contributed by atoms with Gasteiger partial charge < -0.3 is 20.3 Å². The molecule has 0 aliphatic carbocycles. The van der Waals surface area contributed by atoms with Crippen LogP contribution < -0.4 is 20.4 Å². The highest BCUT2D eigenvalue weighted by atomic mass is 32.2. The van der Waals surface area contributed by atoms with E-state index in [1.807, 2.05) is 23.9 Å². The Hall–Kier alpha value is -1.67. The van der Waals surface area contributed by atoms with E-state index < -0.39 is 0 Å². The molecule has 6 nitrogen and oxygen atoms in total. The summed E-state index contributed by atoms with van der Waals surface area (Å²) in [6.45, 7) is 3.20. The SMILES string of the molecule is CNC(=S)NC[C@H]1CN(c2ccc(N3CCCSCC3)cc2)C(=O)O1. The first-order valence-corrected chi connectivity index (χ1v) is 10.1. The molecule has 0 aromatic heterocycles. The van der Waals surface area contributed by atoms with Gasteiger partial charge in [0, 0.05) is 37.3 Å². The van der Waals surface area contributed by atoms with Gasteiger partial charge in [-0.2, -0.15) is 11.8 Å². The lowest BCUT2D eigenvalue weighted by molar-refractivity contribution is 0.143. The van der Waals surface area contributed by atoms with Crippen LogP contribution in [0.3, 0.4) is 0 Å². The maximum atomic E-state index is 12.1. The predicted octanol–water partition coefficient (Wildman–Crippen LogP) is 2.05. The van der Waals surface area contributed by atoms with E-state index in [0.717, 1.165) is 18.8 Å². The van der Waals surface area contributed by atoms with Crippen molar-refractivity contribution >= 4 is 46.6 Å². The number of carbonyl (C=O) groups is 1. The van der Waals surface area contributed by atoms with Gasteiger partial charge in [0.25, 0.3) is 0 Å². The van der Waals surface area contributed by atoms with Crippen LogP contribution in [0.15, 0.2) is 24.3 Å². The largest absolute Gasteiger partial charge is 0.442 e. The Balaban J connectivity index is 1.60. The summed E-state index contributed by atoms with van der Waals surface area (Å²) < 4.78 is 5.41. The van der Waals surface area contributed by atoms with E-state index in [4.69, 9.17) is 17.0 Å². The van der Waals surface area contributed by atoms with Crippen molar-refractivity contribution in [2.75, 3.05) is 54.5 Å². The molecule has 3 rings (SSSR count). The number of thiocarbonyl (C=S) groups is 1. The number of anilines is 2. The molecule has 1 aromatic rings. The number of thioether (sulfide) groups is 1. The summed E-state index contributed by atoms with van der Waals surface area (Å²) in [6.07, 6.45) is 0.704. The van der Waals surface area contributed by atoms with E-state index in [2.05, 4.69) is 27.7 Å². The van der Waals surface area contributed by atoms with Gasteiger partial charge in [-0.3, -0.25) is 4.90 Å². The van der Waals surface area contributed by atoms with Gasteiger partial charge in [-0.05, 0) is 48.7 Å². The first kappa shape index (κ1) is 18.1. The van der Waals surface area contributed by atoms with Crippen molar-refractivity contribution in [2.24, 2.45) is 0 Å². The number of rotatable bonds is 4. The van der Waals surface area contributed by atoms with E-state index in [1.165, 1.54) is 23.6 Å². The van der Waals surface area contributed by atoms with E-state index in [1.54, 1.807) is 11.9 Å². The molecule has 2 fully saturated rings. The first-order valence-electron chi connectivity index (χ1n) is 8.54. The lowest BCUT2D eigenvalue weighted by Gasteiger charge is -2.23. The molecule has 25 heavy (non-hydrogen) atoms. The molecule has 2 N–H and O–H groups in total. The molecule has 2 heterocycles. The fourth-order valence-electron chi connectivity index (χ4n) is 2.98. The molecule has 2 aliphatic rings. The Morgan fingerprint density at radius 2 is 2.04 bits per heavy atom. The highest BCUT2D eigenvalue weighted by Gasteiger charge is 2.32. The summed E-state index contributed by atoms with van der Waals surface area (Å²) in [5, 5.41) is 6.43. The normalized spacial score (nSPS) is 20.8. The van der Waals surface area contributed by atoms with Crippen LogP contribution in [0.25, 0.3) is 0 Å². The number of benzene rings is 1. The monoisotopic (exact) mass is 380 g/mol. The average molecular weight is 381 g/mol. The third-order valence-electron chi connectivity index (χ3n) is 4.34. The minimum absolute atomic E-state index is 0.207. The Morgan fingerprint density at radius 1 is 1.28 bits per heavy atom. The minimum Gasteiger partial charge on any atom is -0.442 e. The van der Waals surface area contributed by atoms with Gasteiger partial charge in [-0.1, -0.05) is 0 Å². The van der Waals surface area contributed by atoms with E-state index >= 15 is 0 Å². The highest BCUT2D eigenvalue weighted by Crippen LogP contribution is 2.26. The minimum atomic E-state index is -0.305. The number of hydrogen-bond donors (Lipinski definition) is 2. The predicted molar refractivity (Wildman–Crippen MR) is 108 cm³/mol. The van der Waals surface area contributed by atoms with Crippen LogP contribution in [0.4, 0.5) is 16.2 Å². The molecule has 0 saturated carbocycles. The van der Waals surface area contributed by atoms with Crippen molar-refractivity contribution in [2.45, 2.75) is 12.5 Å². The van der Waals surface area contributed by atoms with Crippen molar-refractivity contribution < 1.29 is 9.53 Å². The number of ether oxygens (including phenoxy) is 1. The highest BCUT2D eigenvalue weighted by molar-refractivity contribution is 7.99. The fourth-order valence-corrected chi connectivity index (χ4v) is 3.95. The molecule has 0 unspecified atom stereocenters. The summed E-state index contributed by atoms with van der Waals surface area (Å²) in [7, 11) is 1.76. The summed E-state index contributed by atoms with van der Waals surface area (Å²) in [6, 6.07) is 8.20. The molecule has 1 aromatic carbocycles. The van der Waals surface area contributed by atoms with Crippen LogP contribution in [0.2, 0.25) is 0 Å². The second kappa shape index (κ2) is 8.62. The lowest BCUT2D eigenvalue weighted by Crippen LogP contribution is -2.39. The third kappa shape index (κ3) is 4.70. The molecule has 8 heteroatoms. The van der Waals surface area contributed by atoms with Crippen LogP contribution in [-0.4, -0.2) is 62.0 Å². The van der Waals surface area contributed by atoms with Crippen LogP contribution in [-0.2, 0) is 4.74 Å². The summed E-state index contributed by atoms with van der Waals surface area (Å²) in [4.78, 5) is 16.2. The van der Waals surface area contributed by atoms with Gasteiger partial charge in [-0.25, -0.2) is 4.79 Å². The molecule has 2 aliphatic heterocycles. The fraction of sp³-hybridized carbons (Fsp3) is 0.529. The molecule has 1 amide bonds. The molecule has 0 bridgehead atoms. The van der Waals surface area contributed by atoms with Gasteiger partial charge in [-0.15, -0.1) is 0 Å². The molecule has 2 saturated heterocycles. The molecule has 0 radical (unpaired) electrons. The third-order valence-corrected chi connectivity index (χ3v) is 5.74. The second-order valence-electron chi connectivity index (χ2n) is 6.05. The lowest BCUT2D eigenvalue weighted by atomic mass is 10.2. The maximum absolute atomic E-state index is 12.1. The Labute approximate surface area is 158 Å². The van der Waals surface area contributed by atoms with E-state index in [-0.39, 0.29) is 12.2 Å². The quantitative estimate of drug-likeness (QED) is 0.776. The van der Waals surface area contributed by atoms with Crippen molar-refractivity contribution in [1.29, 1.82) is 0 Å². The van der Waals surface area contributed by atoms with Crippen LogP contribution in [0.1, 0.15) is 6.42 Å². The number of hydrogen-bond acceptors (Lipinski definition) is 5. The van der Waals surface area contributed by atoms with Crippen molar-refractivity contribution in [3.05, 3.63) is 24.3 Å². The average Bonchev–Trinajstić information content (AvgIpc) is 2.84. The zero-order valence-corrected chi connectivity index (χ0v) is 16.0. The smallest absolute Gasteiger partial charge is 0.414 e. The maximum Gasteiger partial charge on any atom is 0.414 e. The summed E-state index contributed by atoms with van der Waals surface area (Å²) in [5.41, 5.74) is 2.09. The Morgan fingerprint density at radius 3 is 2.80 bits per heavy atom. The van der Waals surface area contributed by atoms with E-state index in [0.29, 0.717) is 18.2 Å². The Kier molecular flexibility index (Phi) is 6.25. The first-order chi connectivity index (χ1) is 12.2. The molecule has 1 atom stereocenters. The molecule has 0 spiro atoms. The van der Waals surface area contributed by atoms with Gasteiger partial charge in [0.2, 0.25) is 0 Å². The van der Waals surface area contributed by atoms with Crippen LogP contribution >= 0.6 is 24.0 Å². The van der Waals surface area contributed by atoms with Crippen molar-refractivity contribution in [3.63, 3.8) is 0 Å². The van der Waals surface area contributed by atoms with Gasteiger partial charge >= 0.3 is 6.09 Å². The van der Waals surface area contributed by atoms with Gasteiger partial charge in [0.05, 0.1) is 13.1 Å². The number of cyclic esters (lactones) is 1. The van der Waals surface area contributed by atoms with Crippen molar-refractivity contribution in [3.8, 4) is 0 Å². The van der Waals surface area contributed by atoms with Crippen molar-refractivity contribution in [1.82, 2.24) is 10.6 Å². The zero-order chi connectivity index (χ0) is 17.6. The number of amides is 1. The zero-order valence-electron chi connectivity index (χ0n) is 14.4. The van der Waals surface area contributed by atoms with Crippen LogP contribution in [0, 0.1) is 0 Å². The van der Waals surface area contributed by atoms with Crippen LogP contribution in [0.5, 0.6) is 0 Å². The van der Waals surface area contributed by atoms with Gasteiger partial charge in [0.15, 0.2) is 5.11 Å². The number of carbonyl (C=O) groups excluding carboxylic acids is 1. The molecular weight excluding hydrogens is 356 g/mol. The topological polar surface area (TPSA) is 56.8 Å². The Bertz CT molecular complexity index is 603. The molecule has 136 valence electrons. The number of nitrogens with one attached hydrogen (secondary N) is 2. The summed E-state index contributed by atoms with van der Waals surface area (Å²) in [5.74, 6) is 2.41. The summed E-state index contributed by atoms with van der Waals surface area (Å²) >= 11 is 7.06. The second-order valence-corrected chi connectivity index (χ2v) is 7.68. The standard InChI is InChI=1S/C17H24N4O2S2/c1-18-16(24)19-11-15-12-21(17(22)23-15)14-5-3-13(4-6-14)20-7-2-9-25-10-8-20/h3-6,15H,2,7-12H2,1H3,(H2,18,19,24)/t15-/m0/s1. The molecular formula is C17H24N4O2S2.